The van der Waals surface area contributed by atoms with Gasteiger partial charge in [0.1, 0.15) is 0 Å². The molecular formula is C22H36O. The average Bonchev–Trinajstić information content (AvgIpc) is 2.48. The van der Waals surface area contributed by atoms with Gasteiger partial charge in [0.15, 0.2) is 0 Å². The summed E-state index contributed by atoms with van der Waals surface area (Å²) >= 11 is 0. The highest BCUT2D eigenvalue weighted by atomic mass is 16.0. The van der Waals surface area contributed by atoms with Crippen LogP contribution in [0.3, 0.4) is 0 Å². The second-order valence-electron chi connectivity index (χ2n) is 11.2. The SMILES string of the molecule is CC1(C2(C)C3CC4CC(C3)CC2C4)C2CC3CC(C2)CC1C3.O. The molecule has 1 heteroatoms. The molecule has 1 nitrogen and oxygen atoms in total. The molecule has 130 valence electrons. The van der Waals surface area contributed by atoms with Gasteiger partial charge in [-0.3, -0.25) is 0 Å². The number of hydrogen-bond acceptors (Lipinski definition) is 0. The molecule has 0 unspecified atom stereocenters. The Labute approximate surface area is 142 Å². The molecule has 0 amide bonds. The fourth-order valence-corrected chi connectivity index (χ4v) is 10.1. The lowest BCUT2D eigenvalue weighted by molar-refractivity contribution is -0.245. The predicted octanol–water partition coefficient (Wildman–Crippen LogP) is 5.09. The van der Waals surface area contributed by atoms with Crippen molar-refractivity contribution in [2.45, 2.75) is 78.1 Å². The van der Waals surface area contributed by atoms with E-state index in [1.807, 2.05) is 0 Å². The van der Waals surface area contributed by atoms with Crippen molar-refractivity contribution < 1.29 is 5.48 Å². The topological polar surface area (TPSA) is 31.5 Å². The maximum Gasteiger partial charge on any atom is -0.0210 e. The zero-order valence-corrected chi connectivity index (χ0v) is 15.2. The molecule has 0 saturated heterocycles. The summed E-state index contributed by atoms with van der Waals surface area (Å²) in [6.07, 6.45) is 16.1. The summed E-state index contributed by atoms with van der Waals surface area (Å²) in [5, 5.41) is 0. The van der Waals surface area contributed by atoms with Crippen molar-refractivity contribution in [1.82, 2.24) is 0 Å². The molecule has 0 aromatic rings. The summed E-state index contributed by atoms with van der Waals surface area (Å²) < 4.78 is 0. The molecule has 2 N–H and O–H groups in total. The summed E-state index contributed by atoms with van der Waals surface area (Å²) in [6, 6.07) is 0. The van der Waals surface area contributed by atoms with Crippen LogP contribution >= 0.6 is 0 Å². The van der Waals surface area contributed by atoms with E-state index >= 15 is 0 Å². The zero-order chi connectivity index (χ0) is 14.7. The van der Waals surface area contributed by atoms with Gasteiger partial charge in [-0.25, -0.2) is 0 Å². The minimum Gasteiger partial charge on any atom is -0.412 e. The Morgan fingerprint density at radius 3 is 0.870 bits per heavy atom. The molecule has 8 bridgehead atoms. The average molecular weight is 317 g/mol. The van der Waals surface area contributed by atoms with Gasteiger partial charge >= 0.3 is 0 Å². The monoisotopic (exact) mass is 316 g/mol. The van der Waals surface area contributed by atoms with Gasteiger partial charge < -0.3 is 5.48 Å². The molecule has 0 heterocycles. The standard InChI is InChI=1S/C22H34.H2O/c1-21(17-5-13-3-14(7-17)8-18(21)6-13)22(2)19-9-15-4-16(11-19)12-20(22)10-15;/h13-20H,3-12H2,1-2H3;1H2. The first kappa shape index (κ1) is 15.2. The van der Waals surface area contributed by atoms with Gasteiger partial charge in [0.05, 0.1) is 0 Å². The molecule has 0 aromatic heterocycles. The van der Waals surface area contributed by atoms with Crippen LogP contribution < -0.4 is 0 Å². The van der Waals surface area contributed by atoms with Crippen molar-refractivity contribution in [3.8, 4) is 0 Å². The van der Waals surface area contributed by atoms with Crippen LogP contribution in [0.25, 0.3) is 0 Å². The van der Waals surface area contributed by atoms with Crippen molar-refractivity contribution in [3.63, 3.8) is 0 Å². The lowest BCUT2D eigenvalue weighted by atomic mass is 9.31. The molecule has 8 aliphatic rings. The van der Waals surface area contributed by atoms with Crippen LogP contribution in [-0.4, -0.2) is 5.48 Å². The summed E-state index contributed by atoms with van der Waals surface area (Å²) in [5.41, 5.74) is 1.42. The van der Waals surface area contributed by atoms with Gasteiger partial charge in [-0.1, -0.05) is 13.8 Å². The van der Waals surface area contributed by atoms with Crippen LogP contribution in [0.4, 0.5) is 0 Å². The lowest BCUT2D eigenvalue weighted by Crippen LogP contribution is -2.66. The number of rotatable bonds is 1. The fraction of sp³-hybridized carbons (Fsp3) is 1.00. The van der Waals surface area contributed by atoms with E-state index in [0.29, 0.717) is 10.8 Å². The van der Waals surface area contributed by atoms with Gasteiger partial charge in [0, 0.05) is 0 Å². The Morgan fingerprint density at radius 2 is 0.652 bits per heavy atom. The van der Waals surface area contributed by atoms with Crippen LogP contribution in [0.2, 0.25) is 0 Å². The van der Waals surface area contributed by atoms with E-state index in [-0.39, 0.29) is 5.48 Å². The summed E-state index contributed by atoms with van der Waals surface area (Å²) in [4.78, 5) is 0. The van der Waals surface area contributed by atoms with Crippen LogP contribution in [0.15, 0.2) is 0 Å². The van der Waals surface area contributed by atoms with Crippen LogP contribution in [0.1, 0.15) is 78.1 Å². The highest BCUT2D eigenvalue weighted by Gasteiger charge is 2.68. The summed E-state index contributed by atoms with van der Waals surface area (Å²) in [5.74, 6) is 8.95. The molecule has 0 radical (unpaired) electrons. The molecule has 8 aliphatic carbocycles. The first-order valence-electron chi connectivity index (χ1n) is 10.6. The second kappa shape index (κ2) is 4.57. The van der Waals surface area contributed by atoms with E-state index in [9.17, 15) is 0 Å². The molecule has 0 aromatic carbocycles. The quantitative estimate of drug-likeness (QED) is 0.645. The molecule has 8 saturated carbocycles. The van der Waals surface area contributed by atoms with Gasteiger partial charge in [0.25, 0.3) is 0 Å². The van der Waals surface area contributed by atoms with E-state index in [1.54, 1.807) is 64.2 Å². The second-order valence-corrected chi connectivity index (χ2v) is 11.2. The van der Waals surface area contributed by atoms with Crippen molar-refractivity contribution in [2.24, 2.45) is 58.2 Å². The number of hydrogen-bond donors (Lipinski definition) is 0. The maximum atomic E-state index is 2.82. The van der Waals surface area contributed by atoms with Crippen molar-refractivity contribution in [1.29, 1.82) is 0 Å². The van der Waals surface area contributed by atoms with Crippen molar-refractivity contribution in [3.05, 3.63) is 0 Å². The molecular weight excluding hydrogens is 280 g/mol. The van der Waals surface area contributed by atoms with E-state index in [2.05, 4.69) is 13.8 Å². The minimum atomic E-state index is 0. The van der Waals surface area contributed by atoms with E-state index in [4.69, 9.17) is 0 Å². The molecule has 0 atom stereocenters. The van der Waals surface area contributed by atoms with Crippen LogP contribution in [0, 0.1) is 58.2 Å². The van der Waals surface area contributed by atoms with Gasteiger partial charge in [-0.15, -0.1) is 0 Å². The van der Waals surface area contributed by atoms with Crippen LogP contribution in [0.5, 0.6) is 0 Å². The van der Waals surface area contributed by atoms with Crippen molar-refractivity contribution >= 4 is 0 Å². The van der Waals surface area contributed by atoms with E-state index < -0.39 is 0 Å². The molecule has 23 heavy (non-hydrogen) atoms. The molecule has 0 aliphatic heterocycles. The first-order valence-corrected chi connectivity index (χ1v) is 10.6. The lowest BCUT2D eigenvalue weighted by Gasteiger charge is -2.73. The van der Waals surface area contributed by atoms with E-state index in [0.717, 1.165) is 47.3 Å². The Balaban J connectivity index is 0.00000121. The Bertz CT molecular complexity index is 404. The maximum absolute atomic E-state index is 2.82. The molecule has 0 spiro atoms. The Morgan fingerprint density at radius 1 is 0.435 bits per heavy atom. The third-order valence-corrected chi connectivity index (χ3v) is 10.8. The third-order valence-electron chi connectivity index (χ3n) is 10.8. The number of fused-ring (bicyclic) bond motifs is 1. The van der Waals surface area contributed by atoms with Gasteiger partial charge in [-0.05, 0) is 122 Å². The Hall–Kier alpha value is -0.0400. The minimum absolute atomic E-state index is 0. The van der Waals surface area contributed by atoms with Crippen LogP contribution in [-0.2, 0) is 0 Å². The molecule has 8 fully saturated rings. The van der Waals surface area contributed by atoms with Gasteiger partial charge in [-0.2, -0.15) is 0 Å². The Kier molecular flexibility index (Phi) is 3.02. The molecule has 8 rings (SSSR count). The predicted molar refractivity (Wildman–Crippen MR) is 93.9 cm³/mol. The van der Waals surface area contributed by atoms with Gasteiger partial charge in [0.2, 0.25) is 0 Å². The first-order chi connectivity index (χ1) is 10.6. The smallest absolute Gasteiger partial charge is 0.0210 e. The highest BCUT2D eigenvalue weighted by Crippen LogP contribution is 2.76. The van der Waals surface area contributed by atoms with E-state index in [1.165, 1.54) is 0 Å². The summed E-state index contributed by atoms with van der Waals surface area (Å²) in [6.45, 7) is 5.64. The third kappa shape index (κ3) is 1.64. The highest BCUT2D eigenvalue weighted by molar-refractivity contribution is 5.17. The summed E-state index contributed by atoms with van der Waals surface area (Å²) in [7, 11) is 0. The van der Waals surface area contributed by atoms with Crippen molar-refractivity contribution in [2.75, 3.05) is 0 Å². The normalized spacial score (nSPS) is 65.0. The fourth-order valence-electron chi connectivity index (χ4n) is 10.1. The zero-order valence-electron chi connectivity index (χ0n) is 15.2. The largest absolute Gasteiger partial charge is 0.412 e.